The summed E-state index contributed by atoms with van der Waals surface area (Å²) >= 11 is 0. The molecule has 0 aliphatic heterocycles. The molecule has 25 heavy (non-hydrogen) atoms. The van der Waals surface area contributed by atoms with Gasteiger partial charge in [0.25, 0.3) is 5.91 Å². The van der Waals surface area contributed by atoms with Crippen LogP contribution >= 0.6 is 0 Å². The molecular formula is C18H14FN5O. The molecule has 0 saturated carbocycles. The van der Waals surface area contributed by atoms with Crippen molar-refractivity contribution in [1.29, 1.82) is 0 Å². The van der Waals surface area contributed by atoms with Crippen LogP contribution < -0.4 is 5.32 Å². The maximum atomic E-state index is 12.9. The number of nitrogens with zero attached hydrogens (tertiary/aromatic N) is 2. The van der Waals surface area contributed by atoms with E-state index in [4.69, 9.17) is 0 Å². The highest BCUT2D eigenvalue weighted by molar-refractivity contribution is 5.96. The Morgan fingerprint density at radius 1 is 1.20 bits per heavy atom. The van der Waals surface area contributed by atoms with Gasteiger partial charge < -0.3 is 10.3 Å². The molecule has 4 aromatic rings. The Bertz CT molecular complexity index is 1040. The highest BCUT2D eigenvalue weighted by Crippen LogP contribution is 2.25. The van der Waals surface area contributed by atoms with Gasteiger partial charge in [-0.05, 0) is 35.9 Å². The number of carbonyl (C=O) groups excluding carboxylic acids is 1. The van der Waals surface area contributed by atoms with E-state index in [0.717, 1.165) is 22.2 Å². The van der Waals surface area contributed by atoms with Crippen molar-refractivity contribution in [3.05, 3.63) is 71.9 Å². The molecule has 3 heterocycles. The van der Waals surface area contributed by atoms with Crippen molar-refractivity contribution in [2.24, 2.45) is 0 Å². The average molecular weight is 335 g/mol. The maximum Gasteiger partial charge on any atom is 0.267 e. The van der Waals surface area contributed by atoms with Gasteiger partial charge >= 0.3 is 0 Å². The summed E-state index contributed by atoms with van der Waals surface area (Å²) in [5.41, 5.74) is 3.51. The van der Waals surface area contributed by atoms with E-state index in [1.807, 2.05) is 12.1 Å². The molecule has 1 amide bonds. The Morgan fingerprint density at radius 3 is 2.88 bits per heavy atom. The molecule has 0 unspecified atom stereocenters. The normalized spacial score (nSPS) is 10.9. The summed E-state index contributed by atoms with van der Waals surface area (Å²) in [5, 5.41) is 10.8. The third-order valence-corrected chi connectivity index (χ3v) is 3.91. The van der Waals surface area contributed by atoms with Gasteiger partial charge in [0, 0.05) is 29.9 Å². The zero-order valence-electron chi connectivity index (χ0n) is 13.1. The van der Waals surface area contributed by atoms with Crippen molar-refractivity contribution >= 4 is 16.9 Å². The smallest absolute Gasteiger partial charge is 0.267 e. The van der Waals surface area contributed by atoms with E-state index in [2.05, 4.69) is 25.5 Å². The minimum Gasteiger partial charge on any atom is -0.357 e. The lowest BCUT2D eigenvalue weighted by molar-refractivity contribution is 0.0946. The Labute approximate surface area is 142 Å². The molecule has 0 spiro atoms. The monoisotopic (exact) mass is 335 g/mol. The highest BCUT2D eigenvalue weighted by atomic mass is 19.1. The number of hydrogen-bond donors (Lipinski definition) is 3. The number of halogens is 1. The predicted molar refractivity (Wildman–Crippen MR) is 91.2 cm³/mol. The molecule has 0 fully saturated rings. The van der Waals surface area contributed by atoms with Crippen LogP contribution in [0.4, 0.5) is 4.39 Å². The molecule has 0 bridgehead atoms. The average Bonchev–Trinajstić information content (AvgIpc) is 3.27. The van der Waals surface area contributed by atoms with Gasteiger partial charge in [0.1, 0.15) is 11.5 Å². The van der Waals surface area contributed by atoms with Gasteiger partial charge in [-0.1, -0.05) is 12.1 Å². The Morgan fingerprint density at radius 2 is 2.04 bits per heavy atom. The van der Waals surface area contributed by atoms with Crippen LogP contribution in [0.3, 0.4) is 0 Å². The van der Waals surface area contributed by atoms with Gasteiger partial charge in [-0.2, -0.15) is 5.10 Å². The number of pyridine rings is 1. The van der Waals surface area contributed by atoms with E-state index in [9.17, 15) is 9.18 Å². The SMILES string of the molecule is O=C(NCc1ccc(F)cc1)c1cc(-c2[nH]nc3ncccc23)c[nH]1. The van der Waals surface area contributed by atoms with Crippen LogP contribution in [0.15, 0.2) is 54.9 Å². The van der Waals surface area contributed by atoms with Crippen molar-refractivity contribution in [3.8, 4) is 11.3 Å². The van der Waals surface area contributed by atoms with E-state index in [1.54, 1.807) is 30.6 Å². The number of H-pyrrole nitrogens is 2. The van der Waals surface area contributed by atoms with Crippen molar-refractivity contribution in [2.75, 3.05) is 0 Å². The number of aromatic amines is 2. The summed E-state index contributed by atoms with van der Waals surface area (Å²) in [5.74, 6) is -0.539. The van der Waals surface area contributed by atoms with Crippen LogP contribution in [0.25, 0.3) is 22.3 Å². The Balaban J connectivity index is 1.50. The summed E-state index contributed by atoms with van der Waals surface area (Å²) < 4.78 is 12.9. The van der Waals surface area contributed by atoms with E-state index in [0.29, 0.717) is 17.9 Å². The quantitative estimate of drug-likeness (QED) is 0.536. The molecule has 3 aromatic heterocycles. The van der Waals surface area contributed by atoms with Crippen LogP contribution in [-0.4, -0.2) is 26.1 Å². The first-order valence-electron chi connectivity index (χ1n) is 7.71. The van der Waals surface area contributed by atoms with Gasteiger partial charge in [0.2, 0.25) is 0 Å². The summed E-state index contributed by atoms with van der Waals surface area (Å²) in [7, 11) is 0. The van der Waals surface area contributed by atoms with Crippen LogP contribution in [0, 0.1) is 5.82 Å². The predicted octanol–water partition coefficient (Wildman–Crippen LogP) is 3.02. The van der Waals surface area contributed by atoms with Crippen LogP contribution in [-0.2, 0) is 6.54 Å². The van der Waals surface area contributed by atoms with Gasteiger partial charge in [-0.15, -0.1) is 0 Å². The summed E-state index contributed by atoms with van der Waals surface area (Å²) in [4.78, 5) is 19.4. The Kier molecular flexibility index (Phi) is 3.74. The molecule has 1 aromatic carbocycles. The van der Waals surface area contributed by atoms with Crippen molar-refractivity contribution < 1.29 is 9.18 Å². The zero-order valence-corrected chi connectivity index (χ0v) is 13.1. The molecular weight excluding hydrogens is 321 g/mol. The first-order valence-corrected chi connectivity index (χ1v) is 7.71. The second-order valence-electron chi connectivity index (χ2n) is 5.58. The second-order valence-corrected chi connectivity index (χ2v) is 5.58. The largest absolute Gasteiger partial charge is 0.357 e. The number of hydrogen-bond acceptors (Lipinski definition) is 3. The lowest BCUT2D eigenvalue weighted by Crippen LogP contribution is -2.23. The minimum absolute atomic E-state index is 0.238. The van der Waals surface area contributed by atoms with Crippen LogP contribution in [0.1, 0.15) is 16.1 Å². The number of fused-ring (bicyclic) bond motifs is 1. The van der Waals surface area contributed by atoms with Gasteiger partial charge in [0.05, 0.1) is 5.69 Å². The van der Waals surface area contributed by atoms with Gasteiger partial charge in [-0.3, -0.25) is 9.89 Å². The number of rotatable bonds is 4. The lowest BCUT2D eigenvalue weighted by atomic mass is 10.1. The van der Waals surface area contributed by atoms with Crippen molar-refractivity contribution in [1.82, 2.24) is 25.5 Å². The molecule has 6 nitrogen and oxygen atoms in total. The second kappa shape index (κ2) is 6.20. The molecule has 4 rings (SSSR count). The topological polar surface area (TPSA) is 86.5 Å². The fourth-order valence-corrected chi connectivity index (χ4v) is 2.62. The standard InChI is InChI=1S/C18H14FN5O/c19-13-5-3-11(4-6-13)9-22-18(25)15-8-12(10-21-15)16-14-2-1-7-20-17(14)24-23-16/h1-8,10,21H,9H2,(H,22,25)(H,20,23,24). The number of aromatic nitrogens is 4. The number of benzene rings is 1. The summed E-state index contributed by atoms with van der Waals surface area (Å²) in [6, 6.07) is 11.5. The molecule has 0 saturated heterocycles. The van der Waals surface area contributed by atoms with Crippen LogP contribution in [0.5, 0.6) is 0 Å². The number of carbonyl (C=O) groups is 1. The minimum atomic E-state index is -0.301. The first kappa shape index (κ1) is 15.1. The molecule has 124 valence electrons. The van der Waals surface area contributed by atoms with E-state index in [-0.39, 0.29) is 11.7 Å². The lowest BCUT2D eigenvalue weighted by Gasteiger charge is -2.03. The molecule has 0 atom stereocenters. The third-order valence-electron chi connectivity index (χ3n) is 3.91. The third kappa shape index (κ3) is 2.99. The fraction of sp³-hybridized carbons (Fsp3) is 0.0556. The summed E-state index contributed by atoms with van der Waals surface area (Å²) in [6.45, 7) is 0.324. The zero-order chi connectivity index (χ0) is 17.2. The van der Waals surface area contributed by atoms with Crippen LogP contribution in [0.2, 0.25) is 0 Å². The van der Waals surface area contributed by atoms with Crippen molar-refractivity contribution in [3.63, 3.8) is 0 Å². The summed E-state index contributed by atoms with van der Waals surface area (Å²) in [6.07, 6.45) is 3.42. The molecule has 7 heteroatoms. The number of amides is 1. The highest BCUT2D eigenvalue weighted by Gasteiger charge is 2.13. The van der Waals surface area contributed by atoms with E-state index >= 15 is 0 Å². The fourth-order valence-electron chi connectivity index (χ4n) is 2.62. The first-order chi connectivity index (χ1) is 12.2. The molecule has 0 aliphatic rings. The van der Waals surface area contributed by atoms with Gasteiger partial charge in [-0.25, -0.2) is 9.37 Å². The van der Waals surface area contributed by atoms with E-state index < -0.39 is 0 Å². The van der Waals surface area contributed by atoms with Crippen molar-refractivity contribution in [2.45, 2.75) is 6.54 Å². The molecule has 3 N–H and O–H groups in total. The molecule has 0 aliphatic carbocycles. The Hall–Kier alpha value is -3.48. The molecule has 0 radical (unpaired) electrons. The van der Waals surface area contributed by atoms with Gasteiger partial charge in [0.15, 0.2) is 5.65 Å². The number of nitrogens with one attached hydrogen (secondary N) is 3. The maximum absolute atomic E-state index is 12.9. The van der Waals surface area contributed by atoms with E-state index in [1.165, 1.54) is 12.1 Å².